The SMILES string of the molecule is CCOC(=O)Cc1coc2cc(OCc3cccc4c3CN(c3ccc(Cl)cc3)C4=O)ccc12. The first kappa shape index (κ1) is 22.0. The van der Waals surface area contributed by atoms with Gasteiger partial charge in [0, 0.05) is 33.3 Å². The number of rotatable bonds is 7. The van der Waals surface area contributed by atoms with E-state index < -0.39 is 0 Å². The fourth-order valence-electron chi connectivity index (χ4n) is 4.18. The largest absolute Gasteiger partial charge is 0.489 e. The van der Waals surface area contributed by atoms with Crippen molar-refractivity contribution in [1.29, 1.82) is 0 Å². The topological polar surface area (TPSA) is 69.0 Å². The van der Waals surface area contributed by atoms with Gasteiger partial charge in [-0.2, -0.15) is 0 Å². The standard InChI is InChI=1S/C27H22ClNO5/c1-2-32-26(30)12-18-16-34-25-13-21(10-11-22(18)25)33-15-17-4-3-5-23-24(17)14-29(27(23)31)20-8-6-19(28)7-9-20/h3-11,13,16H,2,12,14-15H2,1H3. The molecule has 0 N–H and O–H groups in total. The third kappa shape index (κ3) is 4.24. The highest BCUT2D eigenvalue weighted by Gasteiger charge is 2.30. The Labute approximate surface area is 201 Å². The zero-order valence-electron chi connectivity index (χ0n) is 18.5. The highest BCUT2D eigenvalue weighted by Crippen LogP contribution is 2.32. The lowest BCUT2D eigenvalue weighted by atomic mass is 10.0. The molecule has 1 aliphatic heterocycles. The number of fused-ring (bicyclic) bond motifs is 2. The second-order valence-electron chi connectivity index (χ2n) is 8.00. The van der Waals surface area contributed by atoms with E-state index in [9.17, 15) is 9.59 Å². The maximum Gasteiger partial charge on any atom is 0.310 e. The summed E-state index contributed by atoms with van der Waals surface area (Å²) in [7, 11) is 0. The summed E-state index contributed by atoms with van der Waals surface area (Å²) in [4.78, 5) is 26.5. The van der Waals surface area contributed by atoms with Crippen molar-refractivity contribution in [1.82, 2.24) is 0 Å². The van der Waals surface area contributed by atoms with Gasteiger partial charge in [0.1, 0.15) is 17.9 Å². The molecule has 0 saturated carbocycles. The summed E-state index contributed by atoms with van der Waals surface area (Å²) < 4.78 is 16.7. The zero-order valence-corrected chi connectivity index (χ0v) is 19.3. The van der Waals surface area contributed by atoms with E-state index in [4.69, 9.17) is 25.5 Å². The Morgan fingerprint density at radius 3 is 2.71 bits per heavy atom. The van der Waals surface area contributed by atoms with Crippen LogP contribution >= 0.6 is 11.6 Å². The predicted molar refractivity (Wildman–Crippen MR) is 129 cm³/mol. The summed E-state index contributed by atoms with van der Waals surface area (Å²) in [5.41, 5.74) is 4.81. The number of hydrogen-bond donors (Lipinski definition) is 0. The van der Waals surface area contributed by atoms with Crippen LogP contribution in [0.25, 0.3) is 11.0 Å². The monoisotopic (exact) mass is 475 g/mol. The molecule has 0 radical (unpaired) electrons. The van der Waals surface area contributed by atoms with Crippen LogP contribution in [0.5, 0.6) is 5.75 Å². The van der Waals surface area contributed by atoms with E-state index in [0.29, 0.717) is 41.7 Å². The number of esters is 1. The number of furan rings is 1. The van der Waals surface area contributed by atoms with Crippen molar-refractivity contribution in [3.05, 3.63) is 94.2 Å². The van der Waals surface area contributed by atoms with E-state index in [1.165, 1.54) is 0 Å². The van der Waals surface area contributed by atoms with Crippen molar-refractivity contribution >= 4 is 40.1 Å². The van der Waals surface area contributed by atoms with Crippen LogP contribution in [0, 0.1) is 0 Å². The van der Waals surface area contributed by atoms with Gasteiger partial charge >= 0.3 is 5.97 Å². The van der Waals surface area contributed by atoms with Gasteiger partial charge in [0.25, 0.3) is 5.91 Å². The van der Waals surface area contributed by atoms with E-state index in [1.54, 1.807) is 36.3 Å². The van der Waals surface area contributed by atoms with Crippen LogP contribution in [0.15, 0.2) is 71.3 Å². The lowest BCUT2D eigenvalue weighted by Crippen LogP contribution is -2.22. The first-order valence-corrected chi connectivity index (χ1v) is 11.4. The third-order valence-corrected chi connectivity index (χ3v) is 6.12. The van der Waals surface area contributed by atoms with Gasteiger partial charge < -0.3 is 18.8 Å². The van der Waals surface area contributed by atoms with E-state index in [1.807, 2.05) is 42.5 Å². The molecule has 0 atom stereocenters. The molecular formula is C27H22ClNO5. The molecule has 0 bridgehead atoms. The fraction of sp³-hybridized carbons (Fsp3) is 0.185. The Kier molecular flexibility index (Phi) is 5.99. The molecule has 2 heterocycles. The van der Waals surface area contributed by atoms with Gasteiger partial charge in [-0.1, -0.05) is 23.7 Å². The molecule has 6 nitrogen and oxygen atoms in total. The average molecular weight is 476 g/mol. The van der Waals surface area contributed by atoms with Gasteiger partial charge in [-0.25, -0.2) is 0 Å². The average Bonchev–Trinajstić information content (AvgIpc) is 3.39. The summed E-state index contributed by atoms with van der Waals surface area (Å²) in [6.07, 6.45) is 1.74. The summed E-state index contributed by atoms with van der Waals surface area (Å²) in [6, 6.07) is 18.5. The van der Waals surface area contributed by atoms with Crippen LogP contribution in [-0.2, 0) is 29.1 Å². The highest BCUT2D eigenvalue weighted by molar-refractivity contribution is 6.30. The Bertz CT molecular complexity index is 1380. The lowest BCUT2D eigenvalue weighted by molar-refractivity contribution is -0.142. The van der Waals surface area contributed by atoms with E-state index in [-0.39, 0.29) is 18.3 Å². The van der Waals surface area contributed by atoms with Crippen LogP contribution in [0.2, 0.25) is 5.02 Å². The Hall–Kier alpha value is -3.77. The first-order valence-electron chi connectivity index (χ1n) is 11.0. The molecule has 0 unspecified atom stereocenters. The van der Waals surface area contributed by atoms with Gasteiger partial charge in [-0.05, 0) is 60.5 Å². The van der Waals surface area contributed by atoms with Gasteiger partial charge in [-0.3, -0.25) is 9.59 Å². The molecule has 1 aromatic heterocycles. The van der Waals surface area contributed by atoms with E-state index >= 15 is 0 Å². The fourth-order valence-corrected chi connectivity index (χ4v) is 4.31. The third-order valence-electron chi connectivity index (χ3n) is 5.86. The normalized spacial score (nSPS) is 12.8. The molecule has 0 fully saturated rings. The summed E-state index contributed by atoms with van der Waals surface area (Å²) >= 11 is 5.99. The number of nitrogens with zero attached hydrogens (tertiary/aromatic N) is 1. The Morgan fingerprint density at radius 2 is 1.91 bits per heavy atom. The molecule has 5 rings (SSSR count). The molecule has 1 amide bonds. The number of carbonyl (C=O) groups is 2. The number of carbonyl (C=O) groups excluding carboxylic acids is 2. The molecule has 34 heavy (non-hydrogen) atoms. The second kappa shape index (κ2) is 9.23. The van der Waals surface area contributed by atoms with Crippen LogP contribution in [0.3, 0.4) is 0 Å². The number of anilines is 1. The number of amides is 1. The zero-order chi connectivity index (χ0) is 23.7. The highest BCUT2D eigenvalue weighted by atomic mass is 35.5. The molecule has 172 valence electrons. The smallest absolute Gasteiger partial charge is 0.310 e. The van der Waals surface area contributed by atoms with Gasteiger partial charge in [0.15, 0.2) is 0 Å². The molecule has 4 aromatic rings. The van der Waals surface area contributed by atoms with Crippen LogP contribution in [-0.4, -0.2) is 18.5 Å². The first-order chi connectivity index (χ1) is 16.5. The number of halogens is 1. The van der Waals surface area contributed by atoms with Crippen molar-refractivity contribution in [3.8, 4) is 5.75 Å². The van der Waals surface area contributed by atoms with Crippen molar-refractivity contribution in [2.75, 3.05) is 11.5 Å². The molecular weight excluding hydrogens is 454 g/mol. The van der Waals surface area contributed by atoms with Crippen molar-refractivity contribution < 1.29 is 23.5 Å². The minimum Gasteiger partial charge on any atom is -0.489 e. The Morgan fingerprint density at radius 1 is 1.09 bits per heavy atom. The second-order valence-corrected chi connectivity index (χ2v) is 8.44. The van der Waals surface area contributed by atoms with Gasteiger partial charge in [-0.15, -0.1) is 0 Å². The maximum atomic E-state index is 13.0. The number of hydrogen-bond acceptors (Lipinski definition) is 5. The van der Waals surface area contributed by atoms with E-state index in [0.717, 1.165) is 27.8 Å². The molecule has 0 aliphatic carbocycles. The summed E-state index contributed by atoms with van der Waals surface area (Å²) in [5.74, 6) is 0.317. The van der Waals surface area contributed by atoms with Crippen LogP contribution < -0.4 is 9.64 Å². The Balaban J connectivity index is 1.32. The predicted octanol–water partition coefficient (Wildman–Crippen LogP) is 5.93. The van der Waals surface area contributed by atoms with Gasteiger partial charge in [0.2, 0.25) is 0 Å². The molecule has 3 aromatic carbocycles. The maximum absolute atomic E-state index is 13.0. The number of benzene rings is 3. The summed E-state index contributed by atoms with van der Waals surface area (Å²) in [5, 5.41) is 1.48. The van der Waals surface area contributed by atoms with Gasteiger partial charge in [0.05, 0.1) is 25.8 Å². The van der Waals surface area contributed by atoms with Crippen molar-refractivity contribution in [3.63, 3.8) is 0 Å². The number of ether oxygens (including phenoxy) is 2. The van der Waals surface area contributed by atoms with Crippen molar-refractivity contribution in [2.45, 2.75) is 26.5 Å². The quantitative estimate of drug-likeness (QED) is 0.310. The van der Waals surface area contributed by atoms with Crippen molar-refractivity contribution in [2.24, 2.45) is 0 Å². The van der Waals surface area contributed by atoms with E-state index in [2.05, 4.69) is 0 Å². The lowest BCUT2D eigenvalue weighted by Gasteiger charge is -2.16. The van der Waals surface area contributed by atoms with Crippen LogP contribution in [0.1, 0.15) is 34.0 Å². The minimum atomic E-state index is -0.286. The molecule has 1 aliphatic rings. The minimum absolute atomic E-state index is 0.0368. The summed E-state index contributed by atoms with van der Waals surface area (Å²) in [6.45, 7) is 2.91. The van der Waals surface area contributed by atoms with Crippen LogP contribution in [0.4, 0.5) is 5.69 Å². The molecule has 0 spiro atoms. The molecule has 0 saturated heterocycles. The molecule has 7 heteroatoms.